The first-order valence-electron chi connectivity index (χ1n) is 10.9. The van der Waals surface area contributed by atoms with Gasteiger partial charge in [-0.3, -0.25) is 9.59 Å². The average molecular weight is 384 g/mol. The summed E-state index contributed by atoms with van der Waals surface area (Å²) in [6, 6.07) is 8.20. The molecule has 1 atom stereocenters. The second kappa shape index (κ2) is 7.76. The molecule has 1 aliphatic carbocycles. The van der Waals surface area contributed by atoms with E-state index in [9.17, 15) is 9.59 Å². The maximum atomic E-state index is 13.5. The Morgan fingerprint density at radius 1 is 1.00 bits per heavy atom. The second-order valence-corrected chi connectivity index (χ2v) is 9.09. The van der Waals surface area contributed by atoms with Gasteiger partial charge in [-0.2, -0.15) is 0 Å². The van der Waals surface area contributed by atoms with Crippen molar-refractivity contribution in [2.45, 2.75) is 57.4 Å². The van der Waals surface area contributed by atoms with Crippen LogP contribution in [0, 0.1) is 5.41 Å². The summed E-state index contributed by atoms with van der Waals surface area (Å²) in [5.41, 5.74) is 1.46. The molecule has 2 heterocycles. The lowest BCUT2D eigenvalue weighted by atomic mass is 9.77. The molecule has 0 bridgehead atoms. The van der Waals surface area contributed by atoms with Crippen molar-refractivity contribution in [3.8, 4) is 0 Å². The first-order valence-corrected chi connectivity index (χ1v) is 10.9. The van der Waals surface area contributed by atoms with Gasteiger partial charge in [0.25, 0.3) is 5.91 Å². The molecule has 4 rings (SSSR count). The van der Waals surface area contributed by atoms with Gasteiger partial charge in [0, 0.05) is 51.0 Å². The molecule has 0 radical (unpaired) electrons. The largest absolute Gasteiger partial charge is 0.378 e. The van der Waals surface area contributed by atoms with Crippen molar-refractivity contribution in [3.05, 3.63) is 29.8 Å². The molecule has 1 saturated carbocycles. The number of carbonyl (C=O) groups is 2. The van der Waals surface area contributed by atoms with Crippen molar-refractivity contribution in [2.75, 3.05) is 38.6 Å². The zero-order chi connectivity index (χ0) is 19.7. The van der Waals surface area contributed by atoms with Gasteiger partial charge >= 0.3 is 0 Å². The normalized spacial score (nSPS) is 26.1. The van der Waals surface area contributed by atoms with E-state index in [1.807, 2.05) is 48.2 Å². The third-order valence-electron chi connectivity index (χ3n) is 7.06. The van der Waals surface area contributed by atoms with Crippen LogP contribution >= 0.6 is 0 Å². The minimum atomic E-state index is -0.338. The highest BCUT2D eigenvalue weighted by molar-refractivity contribution is 5.96. The van der Waals surface area contributed by atoms with Crippen LogP contribution in [-0.2, 0) is 4.79 Å². The fraction of sp³-hybridized carbons (Fsp3) is 0.652. The van der Waals surface area contributed by atoms with Crippen molar-refractivity contribution in [1.82, 2.24) is 9.80 Å². The topological polar surface area (TPSA) is 43.9 Å². The first kappa shape index (κ1) is 19.3. The molecule has 0 unspecified atom stereocenters. The molecule has 5 nitrogen and oxygen atoms in total. The molecule has 1 spiro atoms. The summed E-state index contributed by atoms with van der Waals surface area (Å²) in [5.74, 6) is 0.383. The number of amides is 2. The van der Waals surface area contributed by atoms with Crippen LogP contribution in [0.2, 0.25) is 0 Å². The molecular formula is C23H33N3O2. The highest BCUT2D eigenvalue weighted by Crippen LogP contribution is 2.42. The van der Waals surface area contributed by atoms with Gasteiger partial charge < -0.3 is 14.7 Å². The molecule has 2 aliphatic heterocycles. The van der Waals surface area contributed by atoms with Crippen LogP contribution in [0.3, 0.4) is 0 Å². The smallest absolute Gasteiger partial charge is 0.253 e. The van der Waals surface area contributed by atoms with E-state index < -0.39 is 0 Å². The Balaban J connectivity index is 1.46. The average Bonchev–Trinajstić information content (AvgIpc) is 3.15. The van der Waals surface area contributed by atoms with E-state index in [0.29, 0.717) is 25.0 Å². The van der Waals surface area contributed by atoms with Gasteiger partial charge in [-0.1, -0.05) is 19.3 Å². The number of likely N-dealkylation sites (tertiary alicyclic amines) is 2. The van der Waals surface area contributed by atoms with E-state index in [1.54, 1.807) is 0 Å². The number of benzene rings is 1. The summed E-state index contributed by atoms with van der Waals surface area (Å²) in [4.78, 5) is 32.6. The quantitative estimate of drug-likeness (QED) is 0.802. The Kier molecular flexibility index (Phi) is 5.35. The van der Waals surface area contributed by atoms with E-state index in [-0.39, 0.29) is 11.3 Å². The van der Waals surface area contributed by atoms with Crippen molar-refractivity contribution in [3.63, 3.8) is 0 Å². The summed E-state index contributed by atoms with van der Waals surface area (Å²) in [5, 5.41) is 0. The summed E-state index contributed by atoms with van der Waals surface area (Å²) in [6.07, 6.45) is 8.92. The van der Waals surface area contributed by atoms with E-state index in [2.05, 4.69) is 4.90 Å². The minimum absolute atomic E-state index is 0.0600. The summed E-state index contributed by atoms with van der Waals surface area (Å²) in [7, 11) is 3.99. The number of anilines is 1. The third-order valence-corrected chi connectivity index (χ3v) is 7.06. The van der Waals surface area contributed by atoms with Crippen LogP contribution in [0.25, 0.3) is 0 Å². The predicted molar refractivity (Wildman–Crippen MR) is 112 cm³/mol. The van der Waals surface area contributed by atoms with Crippen LogP contribution in [-0.4, -0.2) is 61.4 Å². The van der Waals surface area contributed by atoms with Crippen LogP contribution < -0.4 is 4.90 Å². The van der Waals surface area contributed by atoms with E-state index in [4.69, 9.17) is 0 Å². The van der Waals surface area contributed by atoms with Crippen LogP contribution in [0.4, 0.5) is 5.69 Å². The maximum absolute atomic E-state index is 13.5. The number of hydrogen-bond donors (Lipinski definition) is 0. The SMILES string of the molecule is CN(C)c1ccc(C(=O)N2CC[C@@]3(CCCN(C4CCCCC4)C3=O)C2)cc1. The molecule has 1 aromatic rings. The number of nitrogens with zero attached hydrogens (tertiary/aromatic N) is 3. The molecule has 152 valence electrons. The van der Waals surface area contributed by atoms with Gasteiger partial charge in [-0.15, -0.1) is 0 Å². The molecule has 28 heavy (non-hydrogen) atoms. The van der Waals surface area contributed by atoms with Gasteiger partial charge in [0.05, 0.1) is 5.41 Å². The lowest BCUT2D eigenvalue weighted by Gasteiger charge is -2.44. The molecule has 5 heteroatoms. The highest BCUT2D eigenvalue weighted by Gasteiger charge is 2.50. The number of piperidine rings is 1. The van der Waals surface area contributed by atoms with Crippen molar-refractivity contribution in [2.24, 2.45) is 5.41 Å². The maximum Gasteiger partial charge on any atom is 0.253 e. The van der Waals surface area contributed by atoms with Crippen LogP contribution in [0.15, 0.2) is 24.3 Å². The molecule has 3 fully saturated rings. The Morgan fingerprint density at radius 2 is 1.71 bits per heavy atom. The van der Waals surface area contributed by atoms with Gasteiger partial charge in [-0.25, -0.2) is 0 Å². The van der Waals surface area contributed by atoms with E-state index >= 15 is 0 Å². The van der Waals surface area contributed by atoms with Crippen molar-refractivity contribution >= 4 is 17.5 Å². The molecule has 0 N–H and O–H groups in total. The Bertz CT molecular complexity index is 724. The molecule has 2 saturated heterocycles. The third kappa shape index (κ3) is 3.51. The van der Waals surface area contributed by atoms with Crippen molar-refractivity contribution < 1.29 is 9.59 Å². The van der Waals surface area contributed by atoms with Gasteiger partial charge in [-0.05, 0) is 56.4 Å². The van der Waals surface area contributed by atoms with Gasteiger partial charge in [0.1, 0.15) is 0 Å². The van der Waals surface area contributed by atoms with Crippen LogP contribution in [0.5, 0.6) is 0 Å². The van der Waals surface area contributed by atoms with Crippen LogP contribution in [0.1, 0.15) is 61.7 Å². The molecule has 0 aromatic heterocycles. The van der Waals surface area contributed by atoms with Gasteiger partial charge in [0.2, 0.25) is 5.91 Å². The standard InChI is InChI=1S/C23H33N3O2/c1-24(2)19-11-9-18(10-12-19)21(27)25-16-14-23(17-25)13-6-15-26(22(23)28)20-7-4-3-5-8-20/h9-12,20H,3-8,13-17H2,1-2H3/t23-/m0/s1. The molecule has 2 amide bonds. The lowest BCUT2D eigenvalue weighted by Crippen LogP contribution is -2.54. The number of carbonyl (C=O) groups excluding carboxylic acids is 2. The highest BCUT2D eigenvalue weighted by atomic mass is 16.2. The zero-order valence-electron chi connectivity index (χ0n) is 17.3. The van der Waals surface area contributed by atoms with E-state index in [0.717, 1.165) is 49.9 Å². The summed E-state index contributed by atoms with van der Waals surface area (Å²) >= 11 is 0. The number of rotatable bonds is 3. The zero-order valence-corrected chi connectivity index (χ0v) is 17.3. The second-order valence-electron chi connectivity index (χ2n) is 9.09. The Hall–Kier alpha value is -2.04. The Morgan fingerprint density at radius 3 is 2.39 bits per heavy atom. The molecular weight excluding hydrogens is 350 g/mol. The van der Waals surface area contributed by atoms with Gasteiger partial charge in [0.15, 0.2) is 0 Å². The summed E-state index contributed by atoms with van der Waals surface area (Å²) < 4.78 is 0. The monoisotopic (exact) mass is 383 g/mol. The molecule has 3 aliphatic rings. The fourth-order valence-corrected chi connectivity index (χ4v) is 5.35. The fourth-order valence-electron chi connectivity index (χ4n) is 5.35. The molecule has 1 aromatic carbocycles. The van der Waals surface area contributed by atoms with Crippen molar-refractivity contribution in [1.29, 1.82) is 0 Å². The lowest BCUT2D eigenvalue weighted by molar-refractivity contribution is -0.149. The number of hydrogen-bond acceptors (Lipinski definition) is 3. The summed E-state index contributed by atoms with van der Waals surface area (Å²) in [6.45, 7) is 2.19. The first-order chi connectivity index (χ1) is 13.5. The predicted octanol–water partition coefficient (Wildman–Crippen LogP) is 3.54. The van der Waals surface area contributed by atoms with E-state index in [1.165, 1.54) is 19.3 Å². The Labute approximate surface area is 168 Å². The minimum Gasteiger partial charge on any atom is -0.378 e.